The molecule has 10 heteroatoms. The number of benzene rings is 1. The number of fused-ring (bicyclic) bond motifs is 1. The first-order valence-corrected chi connectivity index (χ1v) is 11.7. The Labute approximate surface area is 186 Å². The third-order valence-electron chi connectivity index (χ3n) is 5.41. The van der Waals surface area contributed by atoms with Crippen molar-refractivity contribution in [1.82, 2.24) is 23.5 Å². The number of aromatic nitrogens is 2. The fourth-order valence-corrected chi connectivity index (χ4v) is 4.74. The van der Waals surface area contributed by atoms with Crippen LogP contribution in [0.3, 0.4) is 0 Å². The molecular weight excluding hydrogens is 438 g/mol. The summed E-state index contributed by atoms with van der Waals surface area (Å²) in [5.41, 5.74) is 2.10. The molecule has 164 valence electrons. The van der Waals surface area contributed by atoms with Gasteiger partial charge in [0.2, 0.25) is 10.0 Å². The van der Waals surface area contributed by atoms with Crippen molar-refractivity contribution in [3.63, 3.8) is 0 Å². The molecule has 1 aromatic carbocycles. The van der Waals surface area contributed by atoms with Crippen LogP contribution in [0, 0.1) is 0 Å². The molecule has 0 unspecified atom stereocenters. The van der Waals surface area contributed by atoms with Crippen molar-refractivity contribution < 1.29 is 13.2 Å². The highest BCUT2D eigenvalue weighted by molar-refractivity contribution is 7.89. The average molecular weight is 462 g/mol. The summed E-state index contributed by atoms with van der Waals surface area (Å²) in [6.07, 6.45) is 3.99. The van der Waals surface area contributed by atoms with Crippen molar-refractivity contribution in [1.29, 1.82) is 0 Å². The van der Waals surface area contributed by atoms with Crippen molar-refractivity contribution in [2.75, 3.05) is 40.3 Å². The summed E-state index contributed by atoms with van der Waals surface area (Å²) in [7, 11) is -0.744. The van der Waals surface area contributed by atoms with Gasteiger partial charge >= 0.3 is 0 Å². The molecule has 1 amide bonds. The number of carbonyl (C=O) groups excluding carboxylic acids is 1. The van der Waals surface area contributed by atoms with E-state index in [1.165, 1.54) is 32.3 Å². The van der Waals surface area contributed by atoms with Crippen molar-refractivity contribution in [2.45, 2.75) is 11.4 Å². The molecule has 1 saturated heterocycles. The second-order valence-electron chi connectivity index (χ2n) is 7.70. The van der Waals surface area contributed by atoms with Gasteiger partial charge in [-0.05, 0) is 30.3 Å². The Kier molecular flexibility index (Phi) is 6.02. The molecule has 0 spiro atoms. The molecule has 8 nitrogen and oxygen atoms in total. The second-order valence-corrected chi connectivity index (χ2v) is 10.3. The molecular formula is C21H24ClN5O3S. The Hall–Kier alpha value is -2.46. The molecule has 3 heterocycles. The van der Waals surface area contributed by atoms with Gasteiger partial charge in [0.25, 0.3) is 5.91 Å². The van der Waals surface area contributed by atoms with Crippen LogP contribution in [0.2, 0.25) is 5.02 Å². The normalized spacial score (nSPS) is 15.7. The fourth-order valence-electron chi connectivity index (χ4n) is 3.61. The van der Waals surface area contributed by atoms with Gasteiger partial charge in [-0.3, -0.25) is 9.69 Å². The lowest BCUT2D eigenvalue weighted by Crippen LogP contribution is -2.48. The number of halogens is 1. The lowest BCUT2D eigenvalue weighted by molar-refractivity contribution is 0.0627. The molecule has 1 fully saturated rings. The highest BCUT2D eigenvalue weighted by Crippen LogP contribution is 2.24. The SMILES string of the molecule is CN(C)S(=O)(=O)c1ccc(Cl)c(C(=O)N2CCN(Cc3cn4ccccc4n3)CC2)c1. The zero-order valence-electron chi connectivity index (χ0n) is 17.4. The summed E-state index contributed by atoms with van der Waals surface area (Å²) in [4.78, 5) is 21.7. The quantitative estimate of drug-likeness (QED) is 0.582. The zero-order chi connectivity index (χ0) is 22.2. The number of rotatable bonds is 5. The standard InChI is InChI=1S/C21H24ClN5O3S/c1-24(2)31(29,30)17-6-7-19(22)18(13-17)21(28)26-11-9-25(10-12-26)14-16-15-27-8-4-3-5-20(27)23-16/h3-8,13,15H,9-12,14H2,1-2H3. The number of sulfonamides is 1. The van der Waals surface area contributed by atoms with Gasteiger partial charge in [0.05, 0.1) is 21.2 Å². The maximum Gasteiger partial charge on any atom is 0.255 e. The van der Waals surface area contributed by atoms with E-state index >= 15 is 0 Å². The number of imidazole rings is 1. The summed E-state index contributed by atoms with van der Waals surface area (Å²) in [5, 5.41) is 0.245. The number of piperazine rings is 1. The lowest BCUT2D eigenvalue weighted by atomic mass is 10.1. The van der Waals surface area contributed by atoms with Crippen LogP contribution < -0.4 is 0 Å². The Bertz CT molecular complexity index is 1180. The molecule has 0 saturated carbocycles. The van der Waals surface area contributed by atoms with Gasteiger partial charge in [-0.1, -0.05) is 17.7 Å². The molecule has 0 N–H and O–H groups in total. The summed E-state index contributed by atoms with van der Waals surface area (Å²) in [6.45, 7) is 3.18. The molecule has 2 aromatic heterocycles. The van der Waals surface area contributed by atoms with E-state index in [-0.39, 0.29) is 21.4 Å². The summed E-state index contributed by atoms with van der Waals surface area (Å²) < 4.78 is 27.9. The highest BCUT2D eigenvalue weighted by atomic mass is 35.5. The van der Waals surface area contributed by atoms with E-state index in [9.17, 15) is 13.2 Å². The number of hydrogen-bond donors (Lipinski definition) is 0. The number of amides is 1. The monoisotopic (exact) mass is 461 g/mol. The largest absolute Gasteiger partial charge is 0.336 e. The molecule has 3 aromatic rings. The first-order valence-electron chi connectivity index (χ1n) is 9.92. The first kappa shape index (κ1) is 21.8. The van der Waals surface area contributed by atoms with Gasteiger partial charge in [0.15, 0.2) is 0 Å². The number of carbonyl (C=O) groups is 1. The van der Waals surface area contributed by atoms with Crippen LogP contribution in [0.5, 0.6) is 0 Å². The molecule has 0 radical (unpaired) electrons. The van der Waals surface area contributed by atoms with Crippen LogP contribution in [0.25, 0.3) is 5.65 Å². The van der Waals surface area contributed by atoms with E-state index in [0.29, 0.717) is 32.7 Å². The fraction of sp³-hybridized carbons (Fsp3) is 0.333. The van der Waals surface area contributed by atoms with Crippen molar-refractivity contribution in [3.05, 3.63) is 65.1 Å². The van der Waals surface area contributed by atoms with Gasteiger partial charge in [0.1, 0.15) is 5.65 Å². The number of pyridine rings is 1. The molecule has 31 heavy (non-hydrogen) atoms. The van der Waals surface area contributed by atoms with Crippen molar-refractivity contribution in [2.24, 2.45) is 0 Å². The molecule has 4 rings (SSSR count). The molecule has 0 atom stereocenters. The predicted octanol–water partition coefficient (Wildman–Crippen LogP) is 2.20. The van der Waals surface area contributed by atoms with E-state index in [2.05, 4.69) is 9.88 Å². The highest BCUT2D eigenvalue weighted by Gasteiger charge is 2.26. The Morgan fingerprint density at radius 3 is 2.55 bits per heavy atom. The maximum absolute atomic E-state index is 13.1. The van der Waals surface area contributed by atoms with Gasteiger partial charge in [-0.2, -0.15) is 0 Å². The van der Waals surface area contributed by atoms with E-state index < -0.39 is 10.0 Å². The van der Waals surface area contributed by atoms with Crippen LogP contribution in [-0.2, 0) is 16.6 Å². The van der Waals surface area contributed by atoms with Gasteiger partial charge in [-0.25, -0.2) is 17.7 Å². The Balaban J connectivity index is 1.43. The minimum Gasteiger partial charge on any atom is -0.336 e. The van der Waals surface area contributed by atoms with Gasteiger partial charge < -0.3 is 9.30 Å². The summed E-state index contributed by atoms with van der Waals surface area (Å²) in [5.74, 6) is -0.256. The van der Waals surface area contributed by atoms with Crippen molar-refractivity contribution >= 4 is 33.2 Å². The second kappa shape index (κ2) is 8.58. The third-order valence-corrected chi connectivity index (χ3v) is 7.55. The van der Waals surface area contributed by atoms with Crippen LogP contribution in [0.1, 0.15) is 16.1 Å². The summed E-state index contributed by atoms with van der Waals surface area (Å²) >= 11 is 6.24. The van der Waals surface area contributed by atoms with E-state index in [1.807, 2.05) is 35.0 Å². The van der Waals surface area contributed by atoms with E-state index in [1.54, 1.807) is 4.90 Å². The first-order chi connectivity index (χ1) is 14.8. The van der Waals surface area contributed by atoms with Crippen molar-refractivity contribution in [3.8, 4) is 0 Å². The average Bonchev–Trinajstić information content (AvgIpc) is 3.16. The van der Waals surface area contributed by atoms with Gasteiger partial charge in [0, 0.05) is 59.2 Å². The van der Waals surface area contributed by atoms with E-state index in [0.717, 1.165) is 15.6 Å². The van der Waals surface area contributed by atoms with Gasteiger partial charge in [-0.15, -0.1) is 0 Å². The predicted molar refractivity (Wildman–Crippen MR) is 119 cm³/mol. The third kappa shape index (κ3) is 4.45. The summed E-state index contributed by atoms with van der Waals surface area (Å²) in [6, 6.07) is 10.1. The number of hydrogen-bond acceptors (Lipinski definition) is 5. The number of nitrogens with zero attached hydrogens (tertiary/aromatic N) is 5. The Morgan fingerprint density at radius 2 is 1.87 bits per heavy atom. The maximum atomic E-state index is 13.1. The van der Waals surface area contributed by atoms with Crippen LogP contribution >= 0.6 is 11.6 Å². The van der Waals surface area contributed by atoms with Crippen LogP contribution in [0.15, 0.2) is 53.7 Å². The minimum atomic E-state index is -3.65. The smallest absolute Gasteiger partial charge is 0.255 e. The molecule has 0 aliphatic carbocycles. The van der Waals surface area contributed by atoms with Crippen LogP contribution in [0.4, 0.5) is 0 Å². The zero-order valence-corrected chi connectivity index (χ0v) is 19.0. The Morgan fingerprint density at radius 1 is 1.13 bits per heavy atom. The topological polar surface area (TPSA) is 78.2 Å². The van der Waals surface area contributed by atoms with E-state index in [4.69, 9.17) is 11.6 Å². The molecule has 0 bridgehead atoms. The molecule has 1 aliphatic heterocycles. The van der Waals surface area contributed by atoms with Crippen LogP contribution in [-0.4, -0.2) is 78.1 Å². The minimum absolute atomic E-state index is 0.0516. The molecule has 1 aliphatic rings. The lowest BCUT2D eigenvalue weighted by Gasteiger charge is -2.34.